The molecule has 0 radical (unpaired) electrons. The Morgan fingerprint density at radius 2 is 1.62 bits per heavy atom. The summed E-state index contributed by atoms with van der Waals surface area (Å²) >= 11 is 17.6. The Labute approximate surface area is 141 Å². The van der Waals surface area contributed by atoms with E-state index < -0.39 is 10.0 Å². The third-order valence-electron chi connectivity index (χ3n) is 3.10. The summed E-state index contributed by atoms with van der Waals surface area (Å²) in [5.41, 5.74) is 0. The van der Waals surface area contributed by atoms with Crippen molar-refractivity contribution in [2.75, 3.05) is 26.2 Å². The van der Waals surface area contributed by atoms with Crippen molar-refractivity contribution in [2.45, 2.75) is 25.2 Å². The molecule has 120 valence electrons. The van der Waals surface area contributed by atoms with Crippen LogP contribution in [-0.4, -0.2) is 39.5 Å². The lowest BCUT2D eigenvalue weighted by atomic mass is 10.4. The number of nitrogens with one attached hydrogen (secondary N) is 1. The van der Waals surface area contributed by atoms with Gasteiger partial charge in [-0.15, -0.1) is 0 Å². The van der Waals surface area contributed by atoms with Crippen molar-refractivity contribution in [3.05, 3.63) is 27.2 Å². The van der Waals surface area contributed by atoms with Gasteiger partial charge in [-0.1, -0.05) is 48.7 Å². The summed E-state index contributed by atoms with van der Waals surface area (Å²) in [7, 11) is -3.69. The quantitative estimate of drug-likeness (QED) is 0.559. The van der Waals surface area contributed by atoms with Gasteiger partial charge in [0, 0.05) is 6.54 Å². The van der Waals surface area contributed by atoms with Crippen LogP contribution in [-0.2, 0) is 10.0 Å². The summed E-state index contributed by atoms with van der Waals surface area (Å²) in [5.74, 6) is 0. The van der Waals surface area contributed by atoms with Crippen LogP contribution in [0.15, 0.2) is 17.0 Å². The molecular formula is C13H19Cl3N2O2S. The highest BCUT2D eigenvalue weighted by Gasteiger charge is 2.19. The molecule has 0 saturated carbocycles. The average Bonchev–Trinajstić information content (AvgIpc) is 2.43. The first-order valence-electron chi connectivity index (χ1n) is 6.68. The molecule has 0 saturated heterocycles. The van der Waals surface area contributed by atoms with E-state index in [0.717, 1.165) is 26.1 Å². The number of hydrogen-bond donors (Lipinski definition) is 1. The molecule has 0 unspecified atom stereocenters. The lowest BCUT2D eigenvalue weighted by Gasteiger charge is -2.17. The molecule has 0 bridgehead atoms. The van der Waals surface area contributed by atoms with Gasteiger partial charge in [0.2, 0.25) is 10.0 Å². The molecule has 1 aromatic rings. The zero-order valence-electron chi connectivity index (χ0n) is 12.0. The number of nitrogens with zero attached hydrogens (tertiary/aromatic N) is 1. The first-order chi connectivity index (χ1) is 9.81. The van der Waals surface area contributed by atoms with Crippen molar-refractivity contribution < 1.29 is 8.42 Å². The molecule has 1 aromatic carbocycles. The van der Waals surface area contributed by atoms with Crippen LogP contribution in [0.1, 0.15) is 20.3 Å². The predicted molar refractivity (Wildman–Crippen MR) is 89.1 cm³/mol. The minimum absolute atomic E-state index is 0.0543. The second-order valence-corrected chi connectivity index (χ2v) is 7.43. The fourth-order valence-electron chi connectivity index (χ4n) is 1.84. The monoisotopic (exact) mass is 372 g/mol. The molecule has 4 nitrogen and oxygen atoms in total. The first kappa shape index (κ1) is 19.0. The van der Waals surface area contributed by atoms with E-state index in [2.05, 4.69) is 23.5 Å². The summed E-state index contributed by atoms with van der Waals surface area (Å²) in [5, 5.41) is 0.437. The number of halogens is 3. The Morgan fingerprint density at radius 3 is 2.19 bits per heavy atom. The van der Waals surface area contributed by atoms with Crippen LogP contribution in [0.25, 0.3) is 0 Å². The zero-order valence-corrected chi connectivity index (χ0v) is 15.1. The normalized spacial score (nSPS) is 12.1. The lowest BCUT2D eigenvalue weighted by molar-refractivity contribution is 0.300. The van der Waals surface area contributed by atoms with E-state index in [1.165, 1.54) is 12.1 Å². The molecule has 0 aliphatic carbocycles. The Kier molecular flexibility index (Phi) is 7.74. The predicted octanol–water partition coefficient (Wildman–Crippen LogP) is 3.66. The maximum absolute atomic E-state index is 12.2. The van der Waals surface area contributed by atoms with Gasteiger partial charge >= 0.3 is 0 Å². The number of benzene rings is 1. The van der Waals surface area contributed by atoms with Crippen LogP contribution in [0.5, 0.6) is 0 Å². The van der Waals surface area contributed by atoms with Crippen molar-refractivity contribution in [1.82, 2.24) is 9.62 Å². The Balaban J connectivity index is 2.68. The highest BCUT2D eigenvalue weighted by atomic mass is 35.5. The molecule has 0 aliphatic rings. The standard InChI is InChI=1S/C13H19Cl3N2O2S/c1-3-18(4-2)7-5-6-17-21(19,20)13-9-11(15)10(14)8-12(13)16/h8-9,17H,3-7H2,1-2H3. The maximum atomic E-state index is 12.2. The van der Waals surface area contributed by atoms with Gasteiger partial charge < -0.3 is 4.90 Å². The van der Waals surface area contributed by atoms with Gasteiger partial charge in [0.25, 0.3) is 0 Å². The van der Waals surface area contributed by atoms with Crippen molar-refractivity contribution in [2.24, 2.45) is 0 Å². The van der Waals surface area contributed by atoms with E-state index in [1.807, 2.05) is 0 Å². The van der Waals surface area contributed by atoms with Crippen LogP contribution < -0.4 is 4.72 Å². The van der Waals surface area contributed by atoms with Gasteiger partial charge in [-0.3, -0.25) is 0 Å². The van der Waals surface area contributed by atoms with Crippen LogP contribution in [0, 0.1) is 0 Å². The molecule has 8 heteroatoms. The molecule has 0 fully saturated rings. The smallest absolute Gasteiger partial charge is 0.242 e. The van der Waals surface area contributed by atoms with E-state index in [4.69, 9.17) is 34.8 Å². The van der Waals surface area contributed by atoms with Crippen LogP contribution in [0.2, 0.25) is 15.1 Å². The summed E-state index contributed by atoms with van der Waals surface area (Å²) in [4.78, 5) is 2.17. The molecule has 0 aromatic heterocycles. The van der Waals surface area contributed by atoms with E-state index in [1.54, 1.807) is 0 Å². The van der Waals surface area contributed by atoms with E-state index in [-0.39, 0.29) is 20.0 Å². The van der Waals surface area contributed by atoms with Crippen molar-refractivity contribution in [3.8, 4) is 0 Å². The second-order valence-electron chi connectivity index (χ2n) is 4.47. The number of hydrogen-bond acceptors (Lipinski definition) is 3. The van der Waals surface area contributed by atoms with Crippen molar-refractivity contribution in [3.63, 3.8) is 0 Å². The highest BCUT2D eigenvalue weighted by Crippen LogP contribution is 2.31. The summed E-state index contributed by atoms with van der Waals surface area (Å²) in [6, 6.07) is 2.59. The molecule has 0 aliphatic heterocycles. The Morgan fingerprint density at radius 1 is 1.05 bits per heavy atom. The van der Waals surface area contributed by atoms with Gasteiger partial charge in [-0.25, -0.2) is 13.1 Å². The SMILES string of the molecule is CCN(CC)CCCNS(=O)(=O)c1cc(Cl)c(Cl)cc1Cl. The van der Waals surface area contributed by atoms with Gasteiger partial charge in [0.15, 0.2) is 0 Å². The van der Waals surface area contributed by atoms with Gasteiger partial charge in [-0.05, 0) is 38.2 Å². The Bertz CT molecular complexity index is 575. The summed E-state index contributed by atoms with van der Waals surface area (Å²) in [6.45, 7) is 7.22. The Hall–Kier alpha value is -0.0400. The maximum Gasteiger partial charge on any atom is 0.242 e. The third-order valence-corrected chi connectivity index (χ3v) is 5.75. The van der Waals surface area contributed by atoms with Crippen molar-refractivity contribution in [1.29, 1.82) is 0 Å². The van der Waals surface area contributed by atoms with E-state index >= 15 is 0 Å². The summed E-state index contributed by atoms with van der Waals surface area (Å²) < 4.78 is 26.9. The topological polar surface area (TPSA) is 49.4 Å². The molecule has 21 heavy (non-hydrogen) atoms. The summed E-state index contributed by atoms with van der Waals surface area (Å²) in [6.07, 6.45) is 0.722. The number of rotatable bonds is 8. The van der Waals surface area contributed by atoms with Crippen LogP contribution in [0.3, 0.4) is 0 Å². The second kappa shape index (κ2) is 8.56. The van der Waals surface area contributed by atoms with Gasteiger partial charge in [-0.2, -0.15) is 0 Å². The van der Waals surface area contributed by atoms with Gasteiger partial charge in [0.05, 0.1) is 15.1 Å². The highest BCUT2D eigenvalue weighted by molar-refractivity contribution is 7.89. The van der Waals surface area contributed by atoms with Crippen molar-refractivity contribution >= 4 is 44.8 Å². The molecule has 1 N–H and O–H groups in total. The molecular weight excluding hydrogens is 355 g/mol. The third kappa shape index (κ3) is 5.58. The molecule has 0 atom stereocenters. The minimum atomic E-state index is -3.69. The molecule has 0 amide bonds. The van der Waals surface area contributed by atoms with Crippen LogP contribution >= 0.6 is 34.8 Å². The fraction of sp³-hybridized carbons (Fsp3) is 0.538. The van der Waals surface area contributed by atoms with E-state index in [9.17, 15) is 8.42 Å². The van der Waals surface area contributed by atoms with E-state index in [0.29, 0.717) is 6.54 Å². The minimum Gasteiger partial charge on any atom is -0.304 e. The molecule has 1 rings (SSSR count). The lowest BCUT2D eigenvalue weighted by Crippen LogP contribution is -2.30. The van der Waals surface area contributed by atoms with Crippen LogP contribution in [0.4, 0.5) is 0 Å². The fourth-order valence-corrected chi connectivity index (χ4v) is 3.91. The molecule has 0 spiro atoms. The zero-order chi connectivity index (χ0) is 16.0. The van der Waals surface area contributed by atoms with Gasteiger partial charge in [0.1, 0.15) is 4.90 Å². The molecule has 0 heterocycles. The largest absolute Gasteiger partial charge is 0.304 e. The average molecular weight is 374 g/mol. The first-order valence-corrected chi connectivity index (χ1v) is 9.30. The number of sulfonamides is 1.